The number of hydrogen-bond acceptors (Lipinski definition) is 4. The van der Waals surface area contributed by atoms with E-state index in [2.05, 4.69) is 4.90 Å². The van der Waals surface area contributed by atoms with Crippen molar-refractivity contribution in [2.24, 2.45) is 5.73 Å². The van der Waals surface area contributed by atoms with Gasteiger partial charge in [-0.1, -0.05) is 12.1 Å². The molecule has 100 valence electrons. The van der Waals surface area contributed by atoms with Crippen molar-refractivity contribution in [3.63, 3.8) is 0 Å². The van der Waals surface area contributed by atoms with E-state index in [1.54, 1.807) is 12.1 Å². The predicted octanol–water partition coefficient (Wildman–Crippen LogP) is 0.267. The molecule has 1 aliphatic heterocycles. The number of anilines is 1. The minimum absolute atomic E-state index is 0.0211. The lowest BCUT2D eigenvalue weighted by Crippen LogP contribution is -2.53. The Morgan fingerprint density at radius 2 is 1.89 bits per heavy atom. The van der Waals surface area contributed by atoms with E-state index in [0.29, 0.717) is 12.2 Å². The Labute approximate surface area is 107 Å². The molecule has 0 spiro atoms. The Hall–Kier alpha value is -1.17. The standard InChI is InChI=1S/C13H20FN3O/c14-12-3-1-2-4-13(12)17-7-5-16(6-8-17)11(9-15)10-18/h1-4,11,18H,5-10,15H2. The van der Waals surface area contributed by atoms with Gasteiger partial charge in [-0.05, 0) is 12.1 Å². The van der Waals surface area contributed by atoms with Crippen LogP contribution in [0, 0.1) is 5.82 Å². The molecular weight excluding hydrogens is 233 g/mol. The third-order valence-electron chi connectivity index (χ3n) is 3.51. The predicted molar refractivity (Wildman–Crippen MR) is 70.1 cm³/mol. The number of rotatable bonds is 4. The number of benzene rings is 1. The number of para-hydroxylation sites is 1. The maximum absolute atomic E-state index is 13.6. The molecule has 1 atom stereocenters. The Kier molecular flexibility index (Phi) is 4.52. The van der Waals surface area contributed by atoms with Crippen molar-refractivity contribution in [1.82, 2.24) is 4.90 Å². The highest BCUT2D eigenvalue weighted by Gasteiger charge is 2.23. The lowest BCUT2D eigenvalue weighted by Gasteiger charge is -2.39. The third-order valence-corrected chi connectivity index (χ3v) is 3.51. The molecular formula is C13H20FN3O. The number of hydrogen-bond donors (Lipinski definition) is 2. The van der Waals surface area contributed by atoms with Gasteiger partial charge in [0.1, 0.15) is 5.82 Å². The zero-order valence-corrected chi connectivity index (χ0v) is 10.4. The van der Waals surface area contributed by atoms with Crippen LogP contribution in [0.2, 0.25) is 0 Å². The van der Waals surface area contributed by atoms with E-state index in [1.807, 2.05) is 11.0 Å². The smallest absolute Gasteiger partial charge is 0.146 e. The zero-order valence-electron chi connectivity index (χ0n) is 10.4. The lowest BCUT2D eigenvalue weighted by molar-refractivity contribution is 0.121. The van der Waals surface area contributed by atoms with Crippen LogP contribution < -0.4 is 10.6 Å². The van der Waals surface area contributed by atoms with Crippen LogP contribution in [0.1, 0.15) is 0 Å². The summed E-state index contributed by atoms with van der Waals surface area (Å²) in [6.07, 6.45) is 0. The molecule has 18 heavy (non-hydrogen) atoms. The zero-order chi connectivity index (χ0) is 13.0. The van der Waals surface area contributed by atoms with E-state index in [0.717, 1.165) is 26.2 Å². The average molecular weight is 253 g/mol. The summed E-state index contributed by atoms with van der Waals surface area (Å²) < 4.78 is 13.6. The highest BCUT2D eigenvalue weighted by Crippen LogP contribution is 2.20. The number of aliphatic hydroxyl groups excluding tert-OH is 1. The van der Waals surface area contributed by atoms with Crippen molar-refractivity contribution in [3.05, 3.63) is 30.1 Å². The lowest BCUT2D eigenvalue weighted by atomic mass is 10.2. The molecule has 0 radical (unpaired) electrons. The molecule has 1 aliphatic rings. The Bertz CT molecular complexity index is 376. The Morgan fingerprint density at radius 1 is 1.22 bits per heavy atom. The average Bonchev–Trinajstić information content (AvgIpc) is 2.42. The van der Waals surface area contributed by atoms with Crippen molar-refractivity contribution >= 4 is 5.69 Å². The number of nitrogens with zero attached hydrogens (tertiary/aromatic N) is 2. The van der Waals surface area contributed by atoms with E-state index in [1.165, 1.54) is 6.07 Å². The van der Waals surface area contributed by atoms with Crippen LogP contribution in [-0.4, -0.2) is 55.4 Å². The molecule has 1 heterocycles. The molecule has 0 bridgehead atoms. The van der Waals surface area contributed by atoms with E-state index in [4.69, 9.17) is 5.73 Å². The first kappa shape index (κ1) is 13.3. The second-order valence-electron chi connectivity index (χ2n) is 4.55. The largest absolute Gasteiger partial charge is 0.395 e. The van der Waals surface area contributed by atoms with Crippen LogP contribution in [0.3, 0.4) is 0 Å². The van der Waals surface area contributed by atoms with Crippen molar-refractivity contribution in [3.8, 4) is 0 Å². The molecule has 1 aromatic carbocycles. The molecule has 1 aromatic rings. The molecule has 3 N–H and O–H groups in total. The van der Waals surface area contributed by atoms with Gasteiger partial charge in [-0.2, -0.15) is 0 Å². The fraction of sp³-hybridized carbons (Fsp3) is 0.538. The van der Waals surface area contributed by atoms with E-state index >= 15 is 0 Å². The fourth-order valence-electron chi connectivity index (χ4n) is 2.38. The Balaban J connectivity index is 1.96. The molecule has 0 saturated carbocycles. The van der Waals surface area contributed by atoms with Crippen LogP contribution in [0.4, 0.5) is 10.1 Å². The number of nitrogens with two attached hydrogens (primary N) is 1. The van der Waals surface area contributed by atoms with E-state index in [9.17, 15) is 9.50 Å². The van der Waals surface area contributed by atoms with Gasteiger partial charge in [0.25, 0.3) is 0 Å². The summed E-state index contributed by atoms with van der Waals surface area (Å²) in [6, 6.07) is 6.86. The van der Waals surface area contributed by atoms with Gasteiger partial charge >= 0.3 is 0 Å². The van der Waals surface area contributed by atoms with Gasteiger partial charge < -0.3 is 15.7 Å². The minimum Gasteiger partial charge on any atom is -0.395 e. The summed E-state index contributed by atoms with van der Waals surface area (Å²) in [7, 11) is 0. The number of halogens is 1. The molecule has 1 fully saturated rings. The molecule has 1 unspecified atom stereocenters. The second-order valence-corrected chi connectivity index (χ2v) is 4.55. The first-order valence-corrected chi connectivity index (χ1v) is 6.30. The summed E-state index contributed by atoms with van der Waals surface area (Å²) in [5.41, 5.74) is 6.27. The van der Waals surface area contributed by atoms with Gasteiger partial charge in [0, 0.05) is 38.8 Å². The van der Waals surface area contributed by atoms with E-state index in [-0.39, 0.29) is 18.5 Å². The molecule has 0 aromatic heterocycles. The van der Waals surface area contributed by atoms with Gasteiger partial charge in [-0.15, -0.1) is 0 Å². The first-order chi connectivity index (χ1) is 8.76. The molecule has 0 aliphatic carbocycles. The van der Waals surface area contributed by atoms with Crippen molar-refractivity contribution in [2.75, 3.05) is 44.2 Å². The van der Waals surface area contributed by atoms with Crippen molar-refractivity contribution < 1.29 is 9.50 Å². The van der Waals surface area contributed by atoms with Gasteiger partial charge in [0.2, 0.25) is 0 Å². The Morgan fingerprint density at radius 3 is 2.44 bits per heavy atom. The van der Waals surface area contributed by atoms with E-state index < -0.39 is 0 Å². The number of aliphatic hydroxyl groups is 1. The van der Waals surface area contributed by atoms with Gasteiger partial charge in [-0.3, -0.25) is 4.90 Å². The third kappa shape index (κ3) is 2.80. The molecule has 1 saturated heterocycles. The van der Waals surface area contributed by atoms with Crippen molar-refractivity contribution in [1.29, 1.82) is 0 Å². The van der Waals surface area contributed by atoms with Crippen LogP contribution in [0.25, 0.3) is 0 Å². The molecule has 5 heteroatoms. The van der Waals surface area contributed by atoms with Gasteiger partial charge in [-0.25, -0.2) is 4.39 Å². The first-order valence-electron chi connectivity index (χ1n) is 6.30. The van der Waals surface area contributed by atoms with Gasteiger partial charge in [0.15, 0.2) is 0 Å². The highest BCUT2D eigenvalue weighted by atomic mass is 19.1. The topological polar surface area (TPSA) is 52.7 Å². The summed E-state index contributed by atoms with van der Waals surface area (Å²) in [5, 5.41) is 9.21. The van der Waals surface area contributed by atoms with Crippen molar-refractivity contribution in [2.45, 2.75) is 6.04 Å². The van der Waals surface area contributed by atoms with Crippen LogP contribution in [-0.2, 0) is 0 Å². The van der Waals surface area contributed by atoms with Crippen LogP contribution in [0.15, 0.2) is 24.3 Å². The summed E-state index contributed by atoms with van der Waals surface area (Å²) >= 11 is 0. The summed E-state index contributed by atoms with van der Waals surface area (Å²) in [6.45, 7) is 3.66. The SMILES string of the molecule is NCC(CO)N1CCN(c2ccccc2F)CC1. The minimum atomic E-state index is -0.177. The van der Waals surface area contributed by atoms with Gasteiger partial charge in [0.05, 0.1) is 12.3 Å². The normalized spacial score (nSPS) is 18.9. The highest BCUT2D eigenvalue weighted by molar-refractivity contribution is 5.47. The second kappa shape index (κ2) is 6.13. The fourth-order valence-corrected chi connectivity index (χ4v) is 2.38. The monoisotopic (exact) mass is 253 g/mol. The van der Waals surface area contributed by atoms with Crippen LogP contribution >= 0.6 is 0 Å². The number of piperazine rings is 1. The molecule has 4 nitrogen and oxygen atoms in total. The molecule has 0 amide bonds. The summed E-state index contributed by atoms with van der Waals surface area (Å²) in [4.78, 5) is 4.20. The summed E-state index contributed by atoms with van der Waals surface area (Å²) in [5.74, 6) is -0.177. The van der Waals surface area contributed by atoms with Crippen LogP contribution in [0.5, 0.6) is 0 Å². The maximum atomic E-state index is 13.6. The quantitative estimate of drug-likeness (QED) is 0.808. The maximum Gasteiger partial charge on any atom is 0.146 e. The molecule has 2 rings (SSSR count).